The summed E-state index contributed by atoms with van der Waals surface area (Å²) in [6.45, 7) is 0.286. The molecule has 0 saturated heterocycles. The summed E-state index contributed by atoms with van der Waals surface area (Å²) in [6.07, 6.45) is 1.78. The molecule has 0 aliphatic rings. The van der Waals surface area contributed by atoms with E-state index in [0.717, 1.165) is 5.56 Å². The van der Waals surface area contributed by atoms with Gasteiger partial charge in [0, 0.05) is 12.6 Å². The van der Waals surface area contributed by atoms with Gasteiger partial charge in [-0.1, -0.05) is 23.7 Å². The summed E-state index contributed by atoms with van der Waals surface area (Å²) in [4.78, 5) is 22.6. The highest BCUT2D eigenvalue weighted by molar-refractivity contribution is 6.32. The van der Waals surface area contributed by atoms with Gasteiger partial charge >= 0.3 is 0 Å². The minimum Gasteiger partial charge on any atom is -0.493 e. The Kier molecular flexibility index (Phi) is 7.57. The number of rotatable bonds is 8. The molecule has 2 rings (SSSR count). The monoisotopic (exact) mass is 415 g/mol. The zero-order chi connectivity index (χ0) is 21.4. The number of nitrogens with one attached hydrogen (secondary N) is 1. The Morgan fingerprint density at radius 1 is 1.24 bits per heavy atom. The molecule has 1 amide bonds. The minimum atomic E-state index is -0.630. The van der Waals surface area contributed by atoms with Crippen LogP contribution in [0.25, 0.3) is 6.08 Å². The van der Waals surface area contributed by atoms with Crippen LogP contribution in [0.1, 0.15) is 11.1 Å². The number of methoxy groups -OCH3 is 2. The van der Waals surface area contributed by atoms with Crippen molar-refractivity contribution in [2.45, 2.75) is 6.42 Å². The molecule has 0 aliphatic carbocycles. The fraction of sp³-hybridized carbons (Fsp3) is 0.200. The van der Waals surface area contributed by atoms with Crippen LogP contribution in [0.5, 0.6) is 11.5 Å². The average Bonchev–Trinajstić information content (AvgIpc) is 2.72. The first kappa shape index (κ1) is 21.7. The van der Waals surface area contributed by atoms with Gasteiger partial charge in [-0.05, 0) is 41.8 Å². The van der Waals surface area contributed by atoms with Crippen LogP contribution in [-0.4, -0.2) is 31.6 Å². The van der Waals surface area contributed by atoms with Crippen molar-refractivity contribution in [1.82, 2.24) is 5.32 Å². The topological polar surface area (TPSA) is 114 Å². The van der Waals surface area contributed by atoms with Crippen molar-refractivity contribution in [2.75, 3.05) is 20.8 Å². The second-order valence-electron chi connectivity index (χ2n) is 5.83. The Hall–Kier alpha value is -3.57. The minimum absolute atomic E-state index is 0.0231. The van der Waals surface area contributed by atoms with E-state index in [0.29, 0.717) is 23.5 Å². The molecule has 0 atom stereocenters. The number of ether oxygens (including phenoxy) is 2. The summed E-state index contributed by atoms with van der Waals surface area (Å²) >= 11 is 5.77. The van der Waals surface area contributed by atoms with Crippen LogP contribution >= 0.6 is 11.6 Å². The highest BCUT2D eigenvalue weighted by Crippen LogP contribution is 2.28. The molecule has 29 heavy (non-hydrogen) atoms. The Bertz CT molecular complexity index is 998. The van der Waals surface area contributed by atoms with Gasteiger partial charge in [-0.2, -0.15) is 5.26 Å². The second-order valence-corrected chi connectivity index (χ2v) is 6.24. The van der Waals surface area contributed by atoms with Gasteiger partial charge in [-0.3, -0.25) is 14.9 Å². The number of nitrogens with zero attached hydrogens (tertiary/aromatic N) is 2. The van der Waals surface area contributed by atoms with E-state index in [2.05, 4.69) is 5.32 Å². The van der Waals surface area contributed by atoms with Crippen molar-refractivity contribution in [2.24, 2.45) is 0 Å². The molecule has 0 aliphatic heterocycles. The lowest BCUT2D eigenvalue weighted by Crippen LogP contribution is -2.26. The number of benzene rings is 2. The van der Waals surface area contributed by atoms with Gasteiger partial charge < -0.3 is 14.8 Å². The van der Waals surface area contributed by atoms with Crippen LogP contribution in [0.2, 0.25) is 5.02 Å². The third-order valence-electron chi connectivity index (χ3n) is 3.99. The molecule has 9 heteroatoms. The summed E-state index contributed by atoms with van der Waals surface area (Å²) in [5.74, 6) is 0.607. The van der Waals surface area contributed by atoms with Crippen LogP contribution in [0, 0.1) is 21.4 Å². The molecule has 2 aromatic rings. The Morgan fingerprint density at radius 2 is 1.97 bits per heavy atom. The molecule has 150 valence electrons. The van der Waals surface area contributed by atoms with E-state index in [1.165, 1.54) is 31.4 Å². The van der Waals surface area contributed by atoms with Gasteiger partial charge in [0.05, 0.1) is 19.1 Å². The number of nitro benzene ring substituents is 1. The van der Waals surface area contributed by atoms with Gasteiger partial charge in [0.2, 0.25) is 0 Å². The molecule has 2 aromatic carbocycles. The largest absolute Gasteiger partial charge is 0.493 e. The van der Waals surface area contributed by atoms with Gasteiger partial charge in [-0.15, -0.1) is 0 Å². The predicted molar refractivity (Wildman–Crippen MR) is 108 cm³/mol. The summed E-state index contributed by atoms with van der Waals surface area (Å²) in [5.41, 5.74) is 0.770. The first-order chi connectivity index (χ1) is 13.9. The molecule has 0 fully saturated rings. The molecule has 0 heterocycles. The van der Waals surface area contributed by atoms with E-state index in [1.807, 2.05) is 6.07 Å². The summed E-state index contributed by atoms with van der Waals surface area (Å²) in [6, 6.07) is 11.3. The maximum atomic E-state index is 12.3. The van der Waals surface area contributed by atoms with E-state index in [1.54, 1.807) is 25.3 Å². The van der Waals surface area contributed by atoms with Gasteiger partial charge in [0.15, 0.2) is 11.5 Å². The van der Waals surface area contributed by atoms with Crippen molar-refractivity contribution >= 4 is 29.3 Å². The van der Waals surface area contributed by atoms with Crippen molar-refractivity contribution < 1.29 is 19.2 Å². The third-order valence-corrected chi connectivity index (χ3v) is 4.31. The Balaban J connectivity index is 2.05. The number of hydrogen-bond donors (Lipinski definition) is 1. The highest BCUT2D eigenvalue weighted by atomic mass is 35.5. The molecule has 0 unspecified atom stereocenters. The third kappa shape index (κ3) is 5.70. The lowest BCUT2D eigenvalue weighted by molar-refractivity contribution is -0.384. The number of nitro groups is 1. The predicted octanol–water partition coefficient (Wildman–Crippen LogP) is 3.53. The molecule has 0 saturated carbocycles. The SMILES string of the molecule is COc1ccc(CCNC(=O)C(C#N)=Cc2ccc(Cl)c([N+](=O)[O-])c2)cc1OC. The van der Waals surface area contributed by atoms with Crippen LogP contribution in [-0.2, 0) is 11.2 Å². The molecule has 1 N–H and O–H groups in total. The number of carbonyl (C=O) groups excluding carboxylic acids is 1. The van der Waals surface area contributed by atoms with Crippen LogP contribution in [0.3, 0.4) is 0 Å². The van der Waals surface area contributed by atoms with Crippen molar-refractivity contribution in [3.8, 4) is 17.6 Å². The lowest BCUT2D eigenvalue weighted by atomic mass is 10.1. The van der Waals surface area contributed by atoms with E-state index in [4.69, 9.17) is 21.1 Å². The molecular weight excluding hydrogens is 398 g/mol. The molecule has 0 radical (unpaired) electrons. The molecule has 0 spiro atoms. The van der Waals surface area contributed by atoms with Crippen LogP contribution in [0.15, 0.2) is 42.0 Å². The summed E-state index contributed by atoms with van der Waals surface area (Å²) < 4.78 is 10.4. The Morgan fingerprint density at radius 3 is 2.59 bits per heavy atom. The quantitative estimate of drug-likeness (QED) is 0.305. The normalized spacial score (nSPS) is 10.8. The van der Waals surface area contributed by atoms with Gasteiger partial charge in [0.1, 0.15) is 16.7 Å². The van der Waals surface area contributed by atoms with Gasteiger partial charge in [0.25, 0.3) is 11.6 Å². The molecule has 0 aromatic heterocycles. The van der Waals surface area contributed by atoms with Crippen LogP contribution in [0.4, 0.5) is 5.69 Å². The van der Waals surface area contributed by atoms with E-state index in [9.17, 15) is 20.2 Å². The van der Waals surface area contributed by atoms with Gasteiger partial charge in [-0.25, -0.2) is 0 Å². The summed E-state index contributed by atoms with van der Waals surface area (Å²) in [5, 5.41) is 22.9. The number of hydrogen-bond acceptors (Lipinski definition) is 6. The number of amides is 1. The first-order valence-corrected chi connectivity index (χ1v) is 8.82. The van der Waals surface area contributed by atoms with E-state index in [-0.39, 0.29) is 22.8 Å². The molecule has 0 bridgehead atoms. The zero-order valence-electron chi connectivity index (χ0n) is 15.8. The standard InChI is InChI=1S/C20H18ClN3O5/c1-28-18-6-4-13(11-19(18)29-2)7-8-23-20(25)15(12-22)9-14-3-5-16(21)17(10-14)24(26)27/h3-6,9-11H,7-8H2,1-2H3,(H,23,25). The van der Waals surface area contributed by atoms with E-state index >= 15 is 0 Å². The lowest BCUT2D eigenvalue weighted by Gasteiger charge is -2.10. The fourth-order valence-corrected chi connectivity index (χ4v) is 2.71. The van der Waals surface area contributed by atoms with Crippen molar-refractivity contribution in [3.63, 3.8) is 0 Å². The second kappa shape index (κ2) is 10.1. The molecule has 8 nitrogen and oxygen atoms in total. The zero-order valence-corrected chi connectivity index (χ0v) is 16.5. The fourth-order valence-electron chi connectivity index (χ4n) is 2.53. The number of carbonyl (C=O) groups is 1. The Labute approximate surface area is 172 Å². The number of nitriles is 1. The first-order valence-electron chi connectivity index (χ1n) is 8.44. The van der Waals surface area contributed by atoms with Crippen molar-refractivity contribution in [3.05, 3.63) is 68.2 Å². The van der Waals surface area contributed by atoms with Crippen molar-refractivity contribution in [1.29, 1.82) is 5.26 Å². The molecular formula is C20H18ClN3O5. The van der Waals surface area contributed by atoms with E-state index < -0.39 is 10.8 Å². The van der Waals surface area contributed by atoms with Crippen LogP contribution < -0.4 is 14.8 Å². The number of halogens is 1. The summed E-state index contributed by atoms with van der Waals surface area (Å²) in [7, 11) is 3.08. The maximum Gasteiger partial charge on any atom is 0.288 e. The smallest absolute Gasteiger partial charge is 0.288 e. The highest BCUT2D eigenvalue weighted by Gasteiger charge is 2.14. The maximum absolute atomic E-state index is 12.3. The average molecular weight is 416 g/mol.